The molecule has 6 heteroatoms. The van der Waals surface area contributed by atoms with Gasteiger partial charge in [-0.25, -0.2) is 19.9 Å². The number of pyridine rings is 3. The molecular formula is C52H32N6. The highest BCUT2D eigenvalue weighted by Gasteiger charge is 2.18. The van der Waals surface area contributed by atoms with Crippen LogP contribution in [0, 0.1) is 0 Å². The van der Waals surface area contributed by atoms with E-state index >= 15 is 0 Å². The Morgan fingerprint density at radius 1 is 0.310 bits per heavy atom. The largest absolute Gasteiger partial charge is 0.253 e. The predicted octanol–water partition coefficient (Wildman–Crippen LogP) is 12.7. The van der Waals surface area contributed by atoms with Crippen molar-refractivity contribution in [1.29, 1.82) is 0 Å². The second-order valence-corrected chi connectivity index (χ2v) is 14.3. The predicted molar refractivity (Wildman–Crippen MR) is 236 cm³/mol. The molecule has 7 aromatic carbocycles. The monoisotopic (exact) mass is 740 g/mol. The van der Waals surface area contributed by atoms with E-state index in [1.54, 1.807) is 12.4 Å². The zero-order valence-corrected chi connectivity index (χ0v) is 31.2. The lowest BCUT2D eigenvalue weighted by Crippen LogP contribution is -2.01. The van der Waals surface area contributed by atoms with Crippen LogP contribution < -0.4 is 0 Å². The van der Waals surface area contributed by atoms with Gasteiger partial charge in [0, 0.05) is 39.7 Å². The van der Waals surface area contributed by atoms with Gasteiger partial charge in [-0.1, -0.05) is 133 Å². The lowest BCUT2D eigenvalue weighted by atomic mass is 9.89. The maximum absolute atomic E-state index is 5.33. The summed E-state index contributed by atoms with van der Waals surface area (Å²) in [6.07, 6.45) is 3.49. The Hall–Kier alpha value is -7.96. The molecule has 0 atom stereocenters. The molecule has 0 unspecified atom stereocenters. The Morgan fingerprint density at radius 2 is 0.914 bits per heavy atom. The molecule has 6 nitrogen and oxygen atoms in total. The fraction of sp³-hybridized carbons (Fsp3) is 0. The van der Waals surface area contributed by atoms with Crippen molar-refractivity contribution in [2.75, 3.05) is 0 Å². The number of aromatic nitrogens is 6. The Morgan fingerprint density at radius 3 is 1.66 bits per heavy atom. The van der Waals surface area contributed by atoms with Crippen LogP contribution in [0.3, 0.4) is 0 Å². The molecule has 0 aliphatic carbocycles. The highest BCUT2D eigenvalue weighted by atomic mass is 15.1. The Kier molecular flexibility index (Phi) is 8.04. The Labute approximate surface area is 334 Å². The number of nitrogens with zero attached hydrogens (tertiary/aromatic N) is 6. The highest BCUT2D eigenvalue weighted by Crippen LogP contribution is 2.42. The van der Waals surface area contributed by atoms with E-state index in [0.29, 0.717) is 28.9 Å². The molecule has 0 fully saturated rings. The third-order valence-corrected chi connectivity index (χ3v) is 10.8. The summed E-state index contributed by atoms with van der Waals surface area (Å²) in [4.78, 5) is 28.9. The minimum absolute atomic E-state index is 0.496. The van der Waals surface area contributed by atoms with E-state index in [9.17, 15) is 0 Å². The van der Waals surface area contributed by atoms with Gasteiger partial charge in [-0.05, 0) is 92.3 Å². The van der Waals surface area contributed by atoms with Crippen LogP contribution in [0.2, 0.25) is 0 Å². The van der Waals surface area contributed by atoms with Gasteiger partial charge in [-0.2, -0.15) is 0 Å². The molecule has 11 rings (SSSR count). The fourth-order valence-electron chi connectivity index (χ4n) is 8.02. The van der Waals surface area contributed by atoms with Gasteiger partial charge in [0.15, 0.2) is 17.5 Å². The standard InChI is InChI=1S/C52H32N6/c1-2-13-36-30-38(27-24-33(36)12-1)49-44-32-43(40-16-3-4-17-41(40)48(44)42-18-5-6-19-45(42)55-49)35-25-22-34(23-26-35)37-14-11-15-39(31-37)50-56-51(46-20-7-9-28-53-46)58-52(57-50)47-21-8-10-29-54-47/h1-32H. The van der Waals surface area contributed by atoms with Crippen LogP contribution in [0.1, 0.15) is 0 Å². The van der Waals surface area contributed by atoms with Gasteiger partial charge < -0.3 is 0 Å². The second kappa shape index (κ2) is 14.0. The minimum Gasteiger partial charge on any atom is -0.253 e. The molecule has 0 aliphatic heterocycles. The quantitative estimate of drug-likeness (QED) is 0.158. The molecule has 0 amide bonds. The van der Waals surface area contributed by atoms with Crippen LogP contribution in [0.5, 0.6) is 0 Å². The summed E-state index contributed by atoms with van der Waals surface area (Å²) >= 11 is 0. The van der Waals surface area contributed by atoms with E-state index in [0.717, 1.165) is 55.4 Å². The van der Waals surface area contributed by atoms with E-state index in [4.69, 9.17) is 19.9 Å². The zero-order chi connectivity index (χ0) is 38.4. The third-order valence-electron chi connectivity index (χ3n) is 10.8. The molecule has 0 saturated carbocycles. The fourth-order valence-corrected chi connectivity index (χ4v) is 8.02. The number of benzene rings is 7. The first kappa shape index (κ1) is 33.4. The van der Waals surface area contributed by atoms with Gasteiger partial charge in [-0.15, -0.1) is 0 Å². The van der Waals surface area contributed by atoms with Gasteiger partial charge in [0.25, 0.3) is 0 Å². The van der Waals surface area contributed by atoms with Crippen molar-refractivity contribution in [1.82, 2.24) is 29.9 Å². The molecule has 0 aliphatic rings. The van der Waals surface area contributed by atoms with Crippen molar-refractivity contribution in [2.45, 2.75) is 0 Å². The minimum atomic E-state index is 0.496. The second-order valence-electron chi connectivity index (χ2n) is 14.3. The lowest BCUT2D eigenvalue weighted by Gasteiger charge is -2.16. The number of rotatable bonds is 6. The van der Waals surface area contributed by atoms with Crippen LogP contribution in [0.15, 0.2) is 194 Å². The van der Waals surface area contributed by atoms with Gasteiger partial charge in [0.05, 0.1) is 11.2 Å². The first-order valence-electron chi connectivity index (χ1n) is 19.3. The van der Waals surface area contributed by atoms with Crippen molar-refractivity contribution in [3.8, 4) is 67.9 Å². The molecule has 58 heavy (non-hydrogen) atoms. The van der Waals surface area contributed by atoms with Crippen LogP contribution in [-0.4, -0.2) is 29.9 Å². The Balaban J connectivity index is 1.03. The first-order valence-corrected chi connectivity index (χ1v) is 19.3. The maximum Gasteiger partial charge on any atom is 0.182 e. The van der Waals surface area contributed by atoms with Crippen LogP contribution in [0.4, 0.5) is 0 Å². The molecule has 270 valence electrons. The van der Waals surface area contributed by atoms with E-state index in [1.165, 1.54) is 26.9 Å². The molecule has 0 bridgehead atoms. The topological polar surface area (TPSA) is 77.3 Å². The number of para-hydroxylation sites is 1. The van der Waals surface area contributed by atoms with Crippen molar-refractivity contribution >= 4 is 43.2 Å². The lowest BCUT2D eigenvalue weighted by molar-refractivity contribution is 1.05. The average Bonchev–Trinajstić information content (AvgIpc) is 3.31. The smallest absolute Gasteiger partial charge is 0.182 e. The molecule has 11 aromatic rings. The zero-order valence-electron chi connectivity index (χ0n) is 31.2. The molecule has 0 N–H and O–H groups in total. The Bertz CT molecular complexity index is 3270. The van der Waals surface area contributed by atoms with Crippen molar-refractivity contribution in [3.63, 3.8) is 0 Å². The first-order chi connectivity index (χ1) is 28.7. The molecule has 0 radical (unpaired) electrons. The van der Waals surface area contributed by atoms with Crippen LogP contribution in [0.25, 0.3) is 111 Å². The summed E-state index contributed by atoms with van der Waals surface area (Å²) in [7, 11) is 0. The van der Waals surface area contributed by atoms with Gasteiger partial charge in [-0.3, -0.25) is 9.97 Å². The summed E-state index contributed by atoms with van der Waals surface area (Å²) in [5, 5.41) is 8.32. The molecule has 4 heterocycles. The van der Waals surface area contributed by atoms with Crippen LogP contribution >= 0.6 is 0 Å². The van der Waals surface area contributed by atoms with E-state index in [-0.39, 0.29) is 0 Å². The summed E-state index contributed by atoms with van der Waals surface area (Å²) in [5.41, 5.74) is 9.73. The number of fused-ring (bicyclic) bond motifs is 6. The van der Waals surface area contributed by atoms with Gasteiger partial charge >= 0.3 is 0 Å². The SMILES string of the molecule is c1ccc(-c2nc(-c3cccc(-c4ccc(-c5cc6c(-c7ccc8ccccc8c7)nc7ccccc7c6c6ccccc56)cc4)c3)nc(-c3ccccn3)n2)nc1. The number of hydrogen-bond donors (Lipinski definition) is 0. The van der Waals surface area contributed by atoms with Crippen molar-refractivity contribution in [2.24, 2.45) is 0 Å². The summed E-state index contributed by atoms with van der Waals surface area (Å²) in [5.74, 6) is 1.55. The van der Waals surface area contributed by atoms with Gasteiger partial charge in [0.2, 0.25) is 0 Å². The van der Waals surface area contributed by atoms with Crippen LogP contribution in [-0.2, 0) is 0 Å². The summed E-state index contributed by atoms with van der Waals surface area (Å²) in [6, 6.07) is 63.3. The molecule has 0 spiro atoms. The van der Waals surface area contributed by atoms with E-state index in [1.807, 2.05) is 48.5 Å². The van der Waals surface area contributed by atoms with Gasteiger partial charge in [0.1, 0.15) is 11.4 Å². The highest BCUT2D eigenvalue weighted by molar-refractivity contribution is 6.25. The van der Waals surface area contributed by atoms with Crippen molar-refractivity contribution in [3.05, 3.63) is 194 Å². The molecular weight excluding hydrogens is 709 g/mol. The summed E-state index contributed by atoms with van der Waals surface area (Å²) in [6.45, 7) is 0. The third kappa shape index (κ3) is 5.92. The summed E-state index contributed by atoms with van der Waals surface area (Å²) < 4.78 is 0. The van der Waals surface area contributed by atoms with Crippen molar-refractivity contribution < 1.29 is 0 Å². The number of hydrogen-bond acceptors (Lipinski definition) is 6. The molecule has 4 aromatic heterocycles. The average molecular weight is 741 g/mol. The van der Waals surface area contributed by atoms with E-state index < -0.39 is 0 Å². The maximum atomic E-state index is 5.33. The normalized spacial score (nSPS) is 11.4. The molecule has 0 saturated heterocycles. The van der Waals surface area contributed by atoms with E-state index in [2.05, 4.69) is 143 Å².